The van der Waals surface area contributed by atoms with Gasteiger partial charge in [-0.2, -0.15) is 0 Å². The van der Waals surface area contributed by atoms with E-state index in [9.17, 15) is 19.2 Å². The SMILES string of the molecule is COC(=O)NC(C(=O)N1CCC[C@H]1c1cnc(-c2ccc(-c3ccc(-c4ncc([C@H]5C6CCC(C6)[C@@H]5C(=O)N(NC(=O)OC)C(C)C)[nH]4)cc3)cc2OC)[nH]1)C(C)C. The van der Waals surface area contributed by atoms with Gasteiger partial charge < -0.3 is 34.4 Å². The van der Waals surface area contributed by atoms with Gasteiger partial charge in [0.15, 0.2) is 0 Å². The second-order valence-corrected chi connectivity index (χ2v) is 16.2. The summed E-state index contributed by atoms with van der Waals surface area (Å²) in [6.07, 6.45) is 6.99. The Bertz CT molecular complexity index is 2130. The van der Waals surface area contributed by atoms with E-state index in [4.69, 9.17) is 24.2 Å². The van der Waals surface area contributed by atoms with Crippen molar-refractivity contribution < 1.29 is 33.4 Å². The van der Waals surface area contributed by atoms with Gasteiger partial charge in [0.25, 0.3) is 0 Å². The van der Waals surface area contributed by atoms with Crippen molar-refractivity contribution in [1.29, 1.82) is 0 Å². The van der Waals surface area contributed by atoms with Crippen LogP contribution in [0.2, 0.25) is 0 Å². The second kappa shape index (κ2) is 16.9. The molecule has 308 valence electrons. The first-order chi connectivity index (χ1) is 27.9. The smallest absolute Gasteiger partial charge is 0.425 e. The molecule has 2 aromatic carbocycles. The summed E-state index contributed by atoms with van der Waals surface area (Å²) in [5.41, 5.74) is 8.05. The van der Waals surface area contributed by atoms with E-state index in [1.165, 1.54) is 19.2 Å². The zero-order chi connectivity index (χ0) is 41.2. The molecule has 3 fully saturated rings. The highest BCUT2D eigenvalue weighted by Crippen LogP contribution is 2.57. The zero-order valence-electron chi connectivity index (χ0n) is 34.2. The van der Waals surface area contributed by atoms with E-state index < -0.39 is 18.2 Å². The molecule has 3 aliphatic rings. The van der Waals surface area contributed by atoms with Crippen molar-refractivity contribution >= 4 is 24.0 Å². The standard InChI is InChI=1S/C43H54N8O7/c1-23(2)37(48-42(54)57-6)41(53)50-18-8-9-33(50)31-21-45-39(46-31)30-17-16-27(20-34(30)56-5)25-10-12-26(13-11-25)38-44-22-32(47-38)35-28-14-15-29(19-28)36(35)40(52)51(24(3)4)49-43(55)58-7/h10-13,16-17,20-24,28-29,33,35-37H,8-9,14-15,18-19H2,1-7H3,(H,44,47)(H,45,46)(H,48,54)(H,49,55)/t28?,29?,33-,35+,36-,37?/m0/s1. The Balaban J connectivity index is 1.06. The molecule has 2 aliphatic carbocycles. The molecule has 6 atom stereocenters. The number of fused-ring (bicyclic) bond motifs is 2. The molecule has 4 amide bonds. The van der Waals surface area contributed by atoms with Crippen LogP contribution in [-0.2, 0) is 19.1 Å². The predicted octanol–water partition coefficient (Wildman–Crippen LogP) is 6.82. The van der Waals surface area contributed by atoms with Crippen molar-refractivity contribution in [2.45, 2.75) is 83.8 Å². The minimum Gasteiger partial charge on any atom is -0.496 e. The van der Waals surface area contributed by atoms with Crippen LogP contribution in [0, 0.1) is 23.7 Å². The summed E-state index contributed by atoms with van der Waals surface area (Å²) in [6, 6.07) is 13.0. The lowest BCUT2D eigenvalue weighted by Crippen LogP contribution is -2.53. The summed E-state index contributed by atoms with van der Waals surface area (Å²) in [4.78, 5) is 69.9. The number of aromatic amines is 2. The summed E-state index contributed by atoms with van der Waals surface area (Å²) in [5, 5.41) is 4.12. The number of hydrazine groups is 1. The molecule has 3 heterocycles. The van der Waals surface area contributed by atoms with Crippen molar-refractivity contribution in [3.05, 3.63) is 66.2 Å². The Morgan fingerprint density at radius 1 is 0.810 bits per heavy atom. The average Bonchev–Trinajstić information content (AvgIpc) is 4.09. The quantitative estimate of drug-likeness (QED) is 0.118. The largest absolute Gasteiger partial charge is 0.496 e. The number of H-pyrrole nitrogens is 2. The van der Waals surface area contributed by atoms with Gasteiger partial charge in [0.05, 0.1) is 50.7 Å². The zero-order valence-corrected chi connectivity index (χ0v) is 34.2. The third-order valence-electron chi connectivity index (χ3n) is 12.1. The summed E-state index contributed by atoms with van der Waals surface area (Å²) >= 11 is 0. The third-order valence-corrected chi connectivity index (χ3v) is 12.1. The first-order valence-electron chi connectivity index (χ1n) is 20.1. The van der Waals surface area contributed by atoms with Crippen LogP contribution in [0.25, 0.3) is 33.9 Å². The molecule has 15 heteroatoms. The van der Waals surface area contributed by atoms with E-state index in [2.05, 4.69) is 20.7 Å². The molecule has 15 nitrogen and oxygen atoms in total. The lowest BCUT2D eigenvalue weighted by atomic mass is 9.77. The fourth-order valence-corrected chi connectivity index (χ4v) is 9.25. The highest BCUT2D eigenvalue weighted by Gasteiger charge is 2.53. The Morgan fingerprint density at radius 3 is 2.16 bits per heavy atom. The van der Waals surface area contributed by atoms with Crippen LogP contribution in [0.15, 0.2) is 54.9 Å². The Labute approximate surface area is 338 Å². The van der Waals surface area contributed by atoms with Gasteiger partial charge in [0.2, 0.25) is 11.8 Å². The maximum atomic E-state index is 14.0. The molecule has 2 saturated carbocycles. The monoisotopic (exact) mass is 794 g/mol. The first-order valence-corrected chi connectivity index (χ1v) is 20.1. The normalized spacial score (nSPS) is 21.6. The molecule has 1 saturated heterocycles. The summed E-state index contributed by atoms with van der Waals surface area (Å²) in [5.74, 6) is 1.99. The molecular formula is C43H54N8O7. The summed E-state index contributed by atoms with van der Waals surface area (Å²) in [6.45, 7) is 8.13. The molecule has 7 rings (SSSR count). The molecule has 0 radical (unpaired) electrons. The number of rotatable bonds is 11. The molecule has 0 spiro atoms. The van der Waals surface area contributed by atoms with Gasteiger partial charge in [0.1, 0.15) is 23.4 Å². The number of nitrogens with zero attached hydrogens (tertiary/aromatic N) is 4. The van der Waals surface area contributed by atoms with Crippen molar-refractivity contribution in [2.24, 2.45) is 23.7 Å². The number of aromatic nitrogens is 4. The predicted molar refractivity (Wildman–Crippen MR) is 216 cm³/mol. The summed E-state index contributed by atoms with van der Waals surface area (Å²) < 4.78 is 15.4. The van der Waals surface area contributed by atoms with E-state index in [1.54, 1.807) is 13.3 Å². The van der Waals surface area contributed by atoms with Gasteiger partial charge in [0, 0.05) is 36.0 Å². The second-order valence-electron chi connectivity index (χ2n) is 16.2. The molecule has 58 heavy (non-hydrogen) atoms. The van der Waals surface area contributed by atoms with Crippen molar-refractivity contribution in [3.63, 3.8) is 0 Å². The number of ether oxygens (including phenoxy) is 3. The van der Waals surface area contributed by atoms with Crippen molar-refractivity contribution in [3.8, 4) is 39.7 Å². The molecule has 2 aromatic heterocycles. The Morgan fingerprint density at radius 2 is 1.47 bits per heavy atom. The van der Waals surface area contributed by atoms with Crippen LogP contribution in [0.5, 0.6) is 5.75 Å². The lowest BCUT2D eigenvalue weighted by Gasteiger charge is -2.35. The molecular weight excluding hydrogens is 741 g/mol. The summed E-state index contributed by atoms with van der Waals surface area (Å²) in [7, 11) is 4.21. The number of amides is 4. The maximum Gasteiger partial charge on any atom is 0.425 e. The van der Waals surface area contributed by atoms with Crippen molar-refractivity contribution in [1.82, 2.24) is 40.6 Å². The Hall–Kier alpha value is -5.86. The highest BCUT2D eigenvalue weighted by atomic mass is 16.5. The van der Waals surface area contributed by atoms with Crippen LogP contribution in [-0.4, -0.2) is 93.8 Å². The number of methoxy groups -OCH3 is 3. The molecule has 3 unspecified atom stereocenters. The van der Waals surface area contributed by atoms with Crippen LogP contribution in [0.1, 0.15) is 83.1 Å². The average molecular weight is 795 g/mol. The van der Waals surface area contributed by atoms with E-state index in [-0.39, 0.29) is 47.6 Å². The van der Waals surface area contributed by atoms with Gasteiger partial charge in [-0.25, -0.2) is 30.0 Å². The van der Waals surface area contributed by atoms with Crippen LogP contribution >= 0.6 is 0 Å². The van der Waals surface area contributed by atoms with Gasteiger partial charge in [-0.15, -0.1) is 0 Å². The lowest BCUT2D eigenvalue weighted by molar-refractivity contribution is -0.143. The Kier molecular flexibility index (Phi) is 11.8. The molecule has 1 aliphatic heterocycles. The molecule has 4 N–H and O–H groups in total. The fourth-order valence-electron chi connectivity index (χ4n) is 9.25. The number of carbonyl (C=O) groups is 4. The number of hydrogen-bond acceptors (Lipinski definition) is 9. The van der Waals surface area contributed by atoms with Gasteiger partial charge in [-0.3, -0.25) is 9.59 Å². The topological polar surface area (TPSA) is 184 Å². The third kappa shape index (κ3) is 7.86. The number of nitrogens with one attached hydrogen (secondary N) is 4. The first kappa shape index (κ1) is 40.3. The fraction of sp³-hybridized carbons (Fsp3) is 0.488. The highest BCUT2D eigenvalue weighted by molar-refractivity contribution is 5.86. The number of carbonyl (C=O) groups excluding carboxylic acids is 4. The maximum absolute atomic E-state index is 14.0. The van der Waals surface area contributed by atoms with Crippen LogP contribution < -0.4 is 15.5 Å². The minimum atomic E-state index is -0.703. The molecule has 4 aromatic rings. The number of hydrogen-bond donors (Lipinski definition) is 4. The van der Waals surface area contributed by atoms with Crippen molar-refractivity contribution in [2.75, 3.05) is 27.9 Å². The number of likely N-dealkylation sites (tertiary alicyclic amines) is 1. The van der Waals surface area contributed by atoms with E-state index in [0.29, 0.717) is 24.0 Å². The number of benzene rings is 2. The van der Waals surface area contributed by atoms with Crippen LogP contribution in [0.4, 0.5) is 9.59 Å². The van der Waals surface area contributed by atoms with Crippen LogP contribution in [0.3, 0.4) is 0 Å². The van der Waals surface area contributed by atoms with E-state index >= 15 is 0 Å². The number of alkyl carbamates (subject to hydrolysis) is 1. The van der Waals surface area contributed by atoms with Gasteiger partial charge in [-0.05, 0) is 87.0 Å². The van der Waals surface area contributed by atoms with E-state index in [1.807, 2.05) is 81.3 Å². The van der Waals surface area contributed by atoms with Gasteiger partial charge in [-0.1, -0.05) is 44.2 Å². The molecule has 2 bridgehead atoms. The number of imidazole rings is 2. The van der Waals surface area contributed by atoms with Gasteiger partial charge >= 0.3 is 12.2 Å². The minimum absolute atomic E-state index is 0.0177. The van der Waals surface area contributed by atoms with E-state index in [0.717, 1.165) is 71.6 Å².